The van der Waals surface area contributed by atoms with Gasteiger partial charge in [-0.15, -0.1) is 0 Å². The van der Waals surface area contributed by atoms with Crippen molar-refractivity contribution in [3.63, 3.8) is 0 Å². The molecule has 0 spiro atoms. The van der Waals surface area contributed by atoms with E-state index in [2.05, 4.69) is 24.1 Å². The highest BCUT2D eigenvalue weighted by Crippen LogP contribution is 2.20. The Bertz CT molecular complexity index is 415. The Balaban J connectivity index is 1.77. The van der Waals surface area contributed by atoms with E-state index in [0.717, 1.165) is 44.3 Å². The van der Waals surface area contributed by atoms with Crippen LogP contribution in [-0.2, 0) is 0 Å². The van der Waals surface area contributed by atoms with Crippen molar-refractivity contribution in [1.82, 2.24) is 10.2 Å². The van der Waals surface area contributed by atoms with E-state index in [-0.39, 0.29) is 0 Å². The minimum Gasteiger partial charge on any atom is -0.497 e. The standard InChI is InChI=1S/C17H28N2O2/c1-4-17(5-2)14-19(11-10-18-17)12-13-21-16-8-6-15(20-3)7-9-16/h6-9,18H,4-5,10-14H2,1-3H3. The molecule has 4 heteroatoms. The average Bonchev–Trinajstić information content (AvgIpc) is 2.55. The van der Waals surface area contributed by atoms with Crippen molar-refractivity contribution in [1.29, 1.82) is 0 Å². The van der Waals surface area contributed by atoms with E-state index >= 15 is 0 Å². The van der Waals surface area contributed by atoms with E-state index in [0.29, 0.717) is 5.54 Å². The van der Waals surface area contributed by atoms with E-state index in [9.17, 15) is 0 Å². The minimum absolute atomic E-state index is 0.290. The fourth-order valence-corrected chi connectivity index (χ4v) is 2.92. The number of rotatable bonds is 7. The Kier molecular flexibility index (Phi) is 5.88. The summed E-state index contributed by atoms with van der Waals surface area (Å²) in [7, 11) is 1.67. The molecule has 0 radical (unpaired) electrons. The maximum absolute atomic E-state index is 5.83. The quantitative estimate of drug-likeness (QED) is 0.837. The van der Waals surface area contributed by atoms with Crippen LogP contribution in [0.4, 0.5) is 0 Å². The minimum atomic E-state index is 0.290. The van der Waals surface area contributed by atoms with Gasteiger partial charge in [0.15, 0.2) is 0 Å². The second-order valence-electron chi connectivity index (χ2n) is 5.71. The van der Waals surface area contributed by atoms with Gasteiger partial charge in [-0.05, 0) is 37.1 Å². The number of nitrogens with zero attached hydrogens (tertiary/aromatic N) is 1. The van der Waals surface area contributed by atoms with Crippen LogP contribution in [0.3, 0.4) is 0 Å². The van der Waals surface area contributed by atoms with E-state index in [4.69, 9.17) is 9.47 Å². The zero-order chi connectivity index (χ0) is 15.1. The second-order valence-corrected chi connectivity index (χ2v) is 5.71. The zero-order valence-electron chi connectivity index (χ0n) is 13.5. The number of benzene rings is 1. The molecule has 1 aromatic rings. The summed E-state index contributed by atoms with van der Waals surface area (Å²) in [4.78, 5) is 2.51. The molecule has 4 nitrogen and oxygen atoms in total. The third-order valence-electron chi connectivity index (χ3n) is 4.54. The van der Waals surface area contributed by atoms with Gasteiger partial charge in [0.2, 0.25) is 0 Å². The van der Waals surface area contributed by atoms with Gasteiger partial charge in [-0.3, -0.25) is 4.90 Å². The predicted octanol–water partition coefficient (Wildman–Crippen LogP) is 2.54. The molecule has 1 N–H and O–H groups in total. The van der Waals surface area contributed by atoms with Crippen molar-refractivity contribution in [2.75, 3.05) is 39.9 Å². The summed E-state index contributed by atoms with van der Waals surface area (Å²) >= 11 is 0. The molecule has 0 aliphatic carbocycles. The van der Waals surface area contributed by atoms with Crippen LogP contribution < -0.4 is 14.8 Å². The number of methoxy groups -OCH3 is 1. The summed E-state index contributed by atoms with van der Waals surface area (Å²) in [5.74, 6) is 1.77. The largest absolute Gasteiger partial charge is 0.497 e. The van der Waals surface area contributed by atoms with Gasteiger partial charge in [0.1, 0.15) is 18.1 Å². The van der Waals surface area contributed by atoms with Gasteiger partial charge in [0.25, 0.3) is 0 Å². The van der Waals surface area contributed by atoms with E-state index in [1.54, 1.807) is 7.11 Å². The van der Waals surface area contributed by atoms with Crippen LogP contribution in [0.2, 0.25) is 0 Å². The smallest absolute Gasteiger partial charge is 0.119 e. The molecule has 0 bridgehead atoms. The Labute approximate surface area is 128 Å². The van der Waals surface area contributed by atoms with E-state index in [1.807, 2.05) is 24.3 Å². The van der Waals surface area contributed by atoms with Crippen molar-refractivity contribution in [2.24, 2.45) is 0 Å². The van der Waals surface area contributed by atoms with Gasteiger partial charge in [-0.1, -0.05) is 13.8 Å². The summed E-state index contributed by atoms with van der Waals surface area (Å²) < 4.78 is 11.0. The highest BCUT2D eigenvalue weighted by Gasteiger charge is 2.31. The number of hydrogen-bond acceptors (Lipinski definition) is 4. The van der Waals surface area contributed by atoms with Crippen LogP contribution in [0.15, 0.2) is 24.3 Å². The summed E-state index contributed by atoms with van der Waals surface area (Å²) in [5, 5.41) is 3.69. The first kappa shape index (κ1) is 16.1. The van der Waals surface area contributed by atoms with Crippen molar-refractivity contribution in [3.05, 3.63) is 24.3 Å². The molecule has 118 valence electrons. The average molecular weight is 292 g/mol. The Morgan fingerprint density at radius 1 is 1.14 bits per heavy atom. The lowest BCUT2D eigenvalue weighted by Gasteiger charge is -2.43. The highest BCUT2D eigenvalue weighted by molar-refractivity contribution is 5.31. The summed E-state index contributed by atoms with van der Waals surface area (Å²) in [5.41, 5.74) is 0.290. The van der Waals surface area contributed by atoms with Crippen LogP contribution in [0.1, 0.15) is 26.7 Å². The molecule has 0 aromatic heterocycles. The van der Waals surface area contributed by atoms with Crippen LogP contribution in [-0.4, -0.2) is 50.3 Å². The van der Waals surface area contributed by atoms with E-state index < -0.39 is 0 Å². The molecule has 0 amide bonds. The molecule has 0 saturated carbocycles. The third-order valence-corrected chi connectivity index (χ3v) is 4.54. The van der Waals surface area contributed by atoms with Gasteiger partial charge < -0.3 is 14.8 Å². The molecule has 1 aliphatic rings. The first-order valence-corrected chi connectivity index (χ1v) is 7.95. The molecular formula is C17H28N2O2. The number of piperazine rings is 1. The molecule has 1 saturated heterocycles. The maximum atomic E-state index is 5.83. The molecule has 0 unspecified atom stereocenters. The molecular weight excluding hydrogens is 264 g/mol. The zero-order valence-corrected chi connectivity index (χ0v) is 13.5. The van der Waals surface area contributed by atoms with Crippen LogP contribution in [0.5, 0.6) is 11.5 Å². The summed E-state index contributed by atoms with van der Waals surface area (Å²) in [6, 6.07) is 7.77. The van der Waals surface area contributed by atoms with Crippen LogP contribution in [0, 0.1) is 0 Å². The third kappa shape index (κ3) is 4.35. The molecule has 1 aliphatic heterocycles. The lowest BCUT2D eigenvalue weighted by atomic mass is 9.90. The fourth-order valence-electron chi connectivity index (χ4n) is 2.92. The van der Waals surface area contributed by atoms with Gasteiger partial charge in [-0.25, -0.2) is 0 Å². The van der Waals surface area contributed by atoms with Crippen molar-refractivity contribution in [2.45, 2.75) is 32.2 Å². The maximum Gasteiger partial charge on any atom is 0.119 e. The Hall–Kier alpha value is -1.26. The molecule has 21 heavy (non-hydrogen) atoms. The molecule has 0 atom stereocenters. The molecule has 2 rings (SSSR count). The first-order valence-electron chi connectivity index (χ1n) is 7.95. The monoisotopic (exact) mass is 292 g/mol. The molecule has 1 fully saturated rings. The normalized spacial score (nSPS) is 18.4. The second kappa shape index (κ2) is 7.66. The predicted molar refractivity (Wildman–Crippen MR) is 86.2 cm³/mol. The van der Waals surface area contributed by atoms with Gasteiger partial charge in [0, 0.05) is 31.7 Å². The number of ether oxygens (including phenoxy) is 2. The van der Waals surface area contributed by atoms with Crippen LogP contribution in [0.25, 0.3) is 0 Å². The van der Waals surface area contributed by atoms with Crippen molar-refractivity contribution in [3.8, 4) is 11.5 Å². The van der Waals surface area contributed by atoms with Gasteiger partial charge in [0.05, 0.1) is 7.11 Å². The van der Waals surface area contributed by atoms with Crippen LogP contribution >= 0.6 is 0 Å². The van der Waals surface area contributed by atoms with Gasteiger partial charge >= 0.3 is 0 Å². The SMILES string of the molecule is CCC1(CC)CN(CCOc2ccc(OC)cc2)CCN1. The lowest BCUT2D eigenvalue weighted by Crippen LogP contribution is -2.60. The number of nitrogens with one attached hydrogen (secondary N) is 1. The summed E-state index contributed by atoms with van der Waals surface area (Å²) in [6.07, 6.45) is 2.36. The lowest BCUT2D eigenvalue weighted by molar-refractivity contribution is 0.108. The van der Waals surface area contributed by atoms with Crippen molar-refractivity contribution < 1.29 is 9.47 Å². The fraction of sp³-hybridized carbons (Fsp3) is 0.647. The van der Waals surface area contributed by atoms with Crippen molar-refractivity contribution >= 4 is 0 Å². The van der Waals surface area contributed by atoms with E-state index in [1.165, 1.54) is 12.8 Å². The Morgan fingerprint density at radius 2 is 1.81 bits per heavy atom. The number of hydrogen-bond donors (Lipinski definition) is 1. The summed E-state index contributed by atoms with van der Waals surface area (Å²) in [6.45, 7) is 9.55. The highest BCUT2D eigenvalue weighted by atomic mass is 16.5. The van der Waals surface area contributed by atoms with Gasteiger partial charge in [-0.2, -0.15) is 0 Å². The molecule has 1 heterocycles. The first-order chi connectivity index (χ1) is 10.2. The topological polar surface area (TPSA) is 33.7 Å². The molecule has 1 aromatic carbocycles. The Morgan fingerprint density at radius 3 is 2.43 bits per heavy atom.